The predicted octanol–water partition coefficient (Wildman–Crippen LogP) is 2.85. The van der Waals surface area contributed by atoms with Gasteiger partial charge in [-0.25, -0.2) is 0 Å². The zero-order valence-corrected chi connectivity index (χ0v) is 19.4. The Morgan fingerprint density at radius 1 is 1.34 bits per heavy atom. The van der Waals surface area contributed by atoms with E-state index in [2.05, 4.69) is 10.3 Å². The van der Waals surface area contributed by atoms with Gasteiger partial charge in [0.1, 0.15) is 5.60 Å². The van der Waals surface area contributed by atoms with Gasteiger partial charge < -0.3 is 15.0 Å². The molecule has 2 aliphatic rings. The summed E-state index contributed by atoms with van der Waals surface area (Å²) in [5, 5.41) is 6.94. The van der Waals surface area contributed by atoms with E-state index in [0.29, 0.717) is 32.5 Å². The van der Waals surface area contributed by atoms with Crippen molar-refractivity contribution in [1.29, 1.82) is 0 Å². The summed E-state index contributed by atoms with van der Waals surface area (Å²) >= 11 is 1.58. The second-order valence-corrected chi connectivity index (χ2v) is 9.68. The second-order valence-electron chi connectivity index (χ2n) is 8.90. The van der Waals surface area contributed by atoms with E-state index in [9.17, 15) is 14.4 Å². The molecule has 2 aliphatic heterocycles. The molecule has 1 N–H and O–H groups in total. The van der Waals surface area contributed by atoms with Crippen LogP contribution in [0.1, 0.15) is 48.2 Å². The van der Waals surface area contributed by atoms with E-state index in [1.165, 1.54) is 6.08 Å². The van der Waals surface area contributed by atoms with E-state index in [0.717, 1.165) is 27.9 Å². The third-order valence-corrected chi connectivity index (χ3v) is 6.51. The molecular weight excluding hydrogens is 426 g/mol. The highest BCUT2D eigenvalue weighted by molar-refractivity contribution is 7.08. The molecule has 32 heavy (non-hydrogen) atoms. The van der Waals surface area contributed by atoms with Gasteiger partial charge in [-0.3, -0.25) is 19.4 Å². The average molecular weight is 454 g/mol. The molecule has 0 unspecified atom stereocenters. The standard InChI is InChI=1S/C24H27N3O4S/c1-15-20(12-26-22(29)8-16-5-7-32-14-16)19-4-6-27(13-17(19)11-25-15)23(30)21-9-18(28)10-24(2,3)31-21/h5,7,9,11,14H,4,6,8,10,12-13H2,1-3H3,(H,26,29). The lowest BCUT2D eigenvalue weighted by atomic mass is 9.94. The molecule has 2 amide bonds. The molecule has 0 aliphatic carbocycles. The quantitative estimate of drug-likeness (QED) is 0.752. The number of hydrogen-bond acceptors (Lipinski definition) is 6. The van der Waals surface area contributed by atoms with E-state index in [1.807, 2.05) is 37.6 Å². The third-order valence-electron chi connectivity index (χ3n) is 5.78. The number of fused-ring (bicyclic) bond motifs is 1. The van der Waals surface area contributed by atoms with Crippen LogP contribution in [-0.4, -0.2) is 39.6 Å². The first-order chi connectivity index (χ1) is 15.2. The molecule has 0 bridgehead atoms. The summed E-state index contributed by atoms with van der Waals surface area (Å²) in [4.78, 5) is 43.6. The van der Waals surface area contributed by atoms with Crippen molar-refractivity contribution >= 4 is 28.9 Å². The maximum atomic E-state index is 13.0. The molecule has 0 aromatic carbocycles. The first-order valence-corrected chi connectivity index (χ1v) is 11.6. The van der Waals surface area contributed by atoms with Gasteiger partial charge in [0, 0.05) is 44.0 Å². The number of carbonyl (C=O) groups excluding carboxylic acids is 3. The van der Waals surface area contributed by atoms with Crippen LogP contribution in [0.15, 0.2) is 34.9 Å². The minimum atomic E-state index is -0.683. The molecular formula is C24H27N3O4S. The Balaban J connectivity index is 1.46. The fourth-order valence-corrected chi connectivity index (χ4v) is 4.87. The van der Waals surface area contributed by atoms with E-state index in [4.69, 9.17) is 4.74 Å². The van der Waals surface area contributed by atoms with Gasteiger partial charge in [-0.15, -0.1) is 0 Å². The van der Waals surface area contributed by atoms with Crippen LogP contribution in [0, 0.1) is 6.92 Å². The number of carbonyl (C=O) groups is 3. The number of ketones is 1. The van der Waals surface area contributed by atoms with Crippen LogP contribution >= 0.6 is 11.3 Å². The number of thiophene rings is 1. The van der Waals surface area contributed by atoms with Crippen molar-refractivity contribution in [2.45, 2.75) is 58.7 Å². The van der Waals surface area contributed by atoms with E-state index in [1.54, 1.807) is 22.4 Å². The Bertz CT molecular complexity index is 1090. The summed E-state index contributed by atoms with van der Waals surface area (Å²) in [6.45, 7) is 6.88. The molecule has 168 valence electrons. The SMILES string of the molecule is Cc1ncc2c(c1CNC(=O)Cc1ccsc1)CCN(C(=O)C1=CC(=O)CC(C)(C)O1)C2. The Morgan fingerprint density at radius 2 is 2.16 bits per heavy atom. The van der Waals surface area contributed by atoms with Gasteiger partial charge in [0.25, 0.3) is 5.91 Å². The van der Waals surface area contributed by atoms with Crippen LogP contribution in [0.3, 0.4) is 0 Å². The highest BCUT2D eigenvalue weighted by Gasteiger charge is 2.34. The van der Waals surface area contributed by atoms with Crippen molar-refractivity contribution in [3.63, 3.8) is 0 Å². The van der Waals surface area contributed by atoms with Crippen LogP contribution in [0.25, 0.3) is 0 Å². The van der Waals surface area contributed by atoms with Crippen LogP contribution in [-0.2, 0) is 45.1 Å². The average Bonchev–Trinajstić information content (AvgIpc) is 3.23. The summed E-state index contributed by atoms with van der Waals surface area (Å²) in [5.74, 6) is -0.292. The minimum Gasteiger partial charge on any atom is -0.481 e. The Labute approximate surface area is 191 Å². The smallest absolute Gasteiger partial charge is 0.289 e. The number of aryl methyl sites for hydroxylation is 1. The summed E-state index contributed by atoms with van der Waals surface area (Å²) in [7, 11) is 0. The molecule has 2 aromatic rings. The topological polar surface area (TPSA) is 88.6 Å². The van der Waals surface area contributed by atoms with Crippen molar-refractivity contribution in [2.24, 2.45) is 0 Å². The second kappa shape index (κ2) is 8.86. The fraction of sp³-hybridized carbons (Fsp3) is 0.417. The van der Waals surface area contributed by atoms with Crippen molar-refractivity contribution in [3.8, 4) is 0 Å². The van der Waals surface area contributed by atoms with Crippen LogP contribution in [0.2, 0.25) is 0 Å². The number of hydrogen-bond donors (Lipinski definition) is 1. The number of allylic oxidation sites excluding steroid dienone is 1. The lowest BCUT2D eigenvalue weighted by Crippen LogP contribution is -2.42. The van der Waals surface area contributed by atoms with Gasteiger partial charge in [0.2, 0.25) is 5.91 Å². The first kappa shape index (κ1) is 22.2. The zero-order chi connectivity index (χ0) is 22.9. The van der Waals surface area contributed by atoms with Crippen molar-refractivity contribution in [2.75, 3.05) is 6.54 Å². The lowest BCUT2D eigenvalue weighted by Gasteiger charge is -2.34. The number of rotatable bonds is 5. The number of aromatic nitrogens is 1. The van der Waals surface area contributed by atoms with Gasteiger partial charge in [-0.05, 0) is 66.3 Å². The molecule has 0 saturated carbocycles. The minimum absolute atomic E-state index is 0.0262. The molecule has 2 aromatic heterocycles. The van der Waals surface area contributed by atoms with Gasteiger partial charge in [0.05, 0.1) is 6.42 Å². The van der Waals surface area contributed by atoms with Gasteiger partial charge in [-0.2, -0.15) is 11.3 Å². The number of pyridine rings is 1. The Morgan fingerprint density at radius 3 is 2.88 bits per heavy atom. The van der Waals surface area contributed by atoms with Crippen molar-refractivity contribution in [3.05, 3.63) is 62.8 Å². The van der Waals surface area contributed by atoms with Crippen molar-refractivity contribution in [1.82, 2.24) is 15.2 Å². The monoisotopic (exact) mass is 453 g/mol. The van der Waals surface area contributed by atoms with E-state index in [-0.39, 0.29) is 29.8 Å². The number of nitrogens with one attached hydrogen (secondary N) is 1. The highest BCUT2D eigenvalue weighted by atomic mass is 32.1. The van der Waals surface area contributed by atoms with Crippen LogP contribution < -0.4 is 5.32 Å². The molecule has 0 fully saturated rings. The van der Waals surface area contributed by atoms with E-state index < -0.39 is 5.60 Å². The van der Waals surface area contributed by atoms with E-state index >= 15 is 0 Å². The van der Waals surface area contributed by atoms with Crippen LogP contribution in [0.5, 0.6) is 0 Å². The van der Waals surface area contributed by atoms with Gasteiger partial charge in [-0.1, -0.05) is 0 Å². The Hall–Kier alpha value is -3.00. The van der Waals surface area contributed by atoms with Gasteiger partial charge >= 0.3 is 0 Å². The van der Waals surface area contributed by atoms with Crippen LogP contribution in [0.4, 0.5) is 0 Å². The molecule has 0 atom stereocenters. The number of nitrogens with zero attached hydrogens (tertiary/aromatic N) is 2. The zero-order valence-electron chi connectivity index (χ0n) is 18.6. The number of amides is 2. The third kappa shape index (κ3) is 4.91. The molecule has 0 radical (unpaired) electrons. The predicted molar refractivity (Wildman–Crippen MR) is 121 cm³/mol. The van der Waals surface area contributed by atoms with Gasteiger partial charge in [0.15, 0.2) is 11.5 Å². The summed E-state index contributed by atoms with van der Waals surface area (Å²) < 4.78 is 5.78. The molecule has 7 nitrogen and oxygen atoms in total. The first-order valence-electron chi connectivity index (χ1n) is 10.7. The molecule has 0 saturated heterocycles. The normalized spacial score (nSPS) is 17.3. The largest absolute Gasteiger partial charge is 0.481 e. The van der Waals surface area contributed by atoms with Crippen molar-refractivity contribution < 1.29 is 19.1 Å². The molecule has 0 spiro atoms. The maximum Gasteiger partial charge on any atom is 0.289 e. The molecule has 4 rings (SSSR count). The summed E-state index contributed by atoms with van der Waals surface area (Å²) in [6, 6.07) is 1.95. The maximum absolute atomic E-state index is 13.0. The fourth-order valence-electron chi connectivity index (χ4n) is 4.20. The lowest BCUT2D eigenvalue weighted by molar-refractivity contribution is -0.138. The summed E-state index contributed by atoms with van der Waals surface area (Å²) in [5.41, 5.74) is 4.30. The molecule has 8 heteroatoms. The molecule has 4 heterocycles. The Kier molecular flexibility index (Phi) is 6.15. The summed E-state index contributed by atoms with van der Waals surface area (Å²) in [6.07, 6.45) is 4.39. The highest BCUT2D eigenvalue weighted by Crippen LogP contribution is 2.29. The number of ether oxygens (including phenoxy) is 1.